The zero-order valence-corrected chi connectivity index (χ0v) is 13.3. The van der Waals surface area contributed by atoms with Crippen LogP contribution in [0.3, 0.4) is 0 Å². The van der Waals surface area contributed by atoms with Crippen LogP contribution in [0.25, 0.3) is 0 Å². The maximum Gasteiger partial charge on any atom is 0.261 e. The zero-order chi connectivity index (χ0) is 15.2. The van der Waals surface area contributed by atoms with E-state index in [2.05, 4.69) is 9.97 Å². The van der Waals surface area contributed by atoms with Gasteiger partial charge in [-0.1, -0.05) is 11.6 Å². The highest BCUT2D eigenvalue weighted by molar-refractivity contribution is 8.13. The van der Waals surface area contributed by atoms with Crippen LogP contribution in [0.2, 0.25) is 5.15 Å². The van der Waals surface area contributed by atoms with Crippen LogP contribution in [-0.2, 0) is 15.5 Å². The molecule has 110 valence electrons. The Bertz CT molecular complexity index is 811. The highest BCUT2D eigenvalue weighted by Crippen LogP contribution is 2.39. The molecule has 1 atom stereocenters. The van der Waals surface area contributed by atoms with E-state index in [1.54, 1.807) is 18.2 Å². The number of rotatable bonds is 2. The van der Waals surface area contributed by atoms with Crippen LogP contribution in [0.5, 0.6) is 0 Å². The minimum absolute atomic E-state index is 0.109. The van der Waals surface area contributed by atoms with Crippen molar-refractivity contribution in [2.24, 2.45) is 0 Å². The van der Waals surface area contributed by atoms with Crippen molar-refractivity contribution >= 4 is 42.8 Å². The lowest BCUT2D eigenvalue weighted by Gasteiger charge is -2.23. The van der Waals surface area contributed by atoms with Gasteiger partial charge in [0.15, 0.2) is 0 Å². The summed E-state index contributed by atoms with van der Waals surface area (Å²) in [7, 11) is 1.67. The van der Waals surface area contributed by atoms with Gasteiger partial charge in [0, 0.05) is 28.5 Å². The van der Waals surface area contributed by atoms with E-state index in [0.29, 0.717) is 17.4 Å². The second kappa shape index (κ2) is 5.12. The van der Waals surface area contributed by atoms with Crippen molar-refractivity contribution in [2.45, 2.75) is 24.3 Å². The Hall–Kier alpha value is -1.37. The molecule has 0 bridgehead atoms. The van der Waals surface area contributed by atoms with Gasteiger partial charge in [-0.25, -0.2) is 18.4 Å². The first-order valence-electron chi connectivity index (χ1n) is 6.20. The second-order valence-electron chi connectivity index (χ2n) is 4.85. The SMILES string of the molecule is CC1Cc2cc(S(=O)(=O)Cl)ccc2N1c1cc(Cl)ncn1. The number of hydrogen-bond acceptors (Lipinski definition) is 5. The lowest BCUT2D eigenvalue weighted by atomic mass is 10.1. The molecule has 1 aliphatic heterocycles. The van der Waals surface area contributed by atoms with Crippen molar-refractivity contribution < 1.29 is 8.42 Å². The van der Waals surface area contributed by atoms with E-state index in [-0.39, 0.29) is 10.9 Å². The number of aromatic nitrogens is 2. The molecule has 0 saturated heterocycles. The standard InChI is InChI=1S/C13H11Cl2N3O2S/c1-8-4-9-5-10(21(15,19)20)2-3-11(9)18(8)13-6-12(14)16-7-17-13/h2-3,5-8H,4H2,1H3. The smallest absolute Gasteiger partial charge is 0.261 e. The lowest BCUT2D eigenvalue weighted by Crippen LogP contribution is -2.24. The van der Waals surface area contributed by atoms with Gasteiger partial charge >= 0.3 is 0 Å². The molecule has 1 aromatic carbocycles. The van der Waals surface area contributed by atoms with Crippen molar-refractivity contribution in [3.8, 4) is 0 Å². The Labute approximate surface area is 132 Å². The van der Waals surface area contributed by atoms with Gasteiger partial charge in [0.2, 0.25) is 0 Å². The van der Waals surface area contributed by atoms with E-state index in [4.69, 9.17) is 22.3 Å². The van der Waals surface area contributed by atoms with Gasteiger partial charge in [0.25, 0.3) is 9.05 Å². The summed E-state index contributed by atoms with van der Waals surface area (Å²) in [4.78, 5) is 10.2. The maximum absolute atomic E-state index is 11.4. The van der Waals surface area contributed by atoms with Gasteiger partial charge in [0.05, 0.1) is 4.90 Å². The predicted molar refractivity (Wildman–Crippen MR) is 81.8 cm³/mol. The molecule has 2 aromatic rings. The molecule has 21 heavy (non-hydrogen) atoms. The van der Waals surface area contributed by atoms with E-state index < -0.39 is 9.05 Å². The highest BCUT2D eigenvalue weighted by atomic mass is 35.7. The lowest BCUT2D eigenvalue weighted by molar-refractivity contribution is 0.609. The zero-order valence-electron chi connectivity index (χ0n) is 11.0. The molecule has 0 spiro atoms. The van der Waals surface area contributed by atoms with Crippen molar-refractivity contribution in [1.82, 2.24) is 9.97 Å². The Morgan fingerprint density at radius 3 is 2.71 bits per heavy atom. The van der Waals surface area contributed by atoms with Gasteiger partial charge in [-0.05, 0) is 37.1 Å². The molecule has 0 saturated carbocycles. The third-order valence-electron chi connectivity index (χ3n) is 3.41. The Morgan fingerprint density at radius 2 is 2.05 bits per heavy atom. The summed E-state index contributed by atoms with van der Waals surface area (Å²) in [5, 5.41) is 0.362. The maximum atomic E-state index is 11.4. The fraction of sp³-hybridized carbons (Fsp3) is 0.231. The molecular formula is C13H11Cl2N3O2S. The molecule has 0 N–H and O–H groups in total. The fourth-order valence-electron chi connectivity index (χ4n) is 2.56. The largest absolute Gasteiger partial charge is 0.323 e. The number of halogens is 2. The molecule has 3 rings (SSSR count). The first kappa shape index (κ1) is 14.6. The summed E-state index contributed by atoms with van der Waals surface area (Å²) >= 11 is 5.91. The molecule has 0 radical (unpaired) electrons. The Balaban J connectivity index is 2.09. The van der Waals surface area contributed by atoms with Gasteiger partial charge in [-0.3, -0.25) is 0 Å². The van der Waals surface area contributed by atoms with Crippen molar-refractivity contribution in [1.29, 1.82) is 0 Å². The van der Waals surface area contributed by atoms with E-state index in [1.165, 1.54) is 12.4 Å². The summed E-state index contributed by atoms with van der Waals surface area (Å²) in [6.07, 6.45) is 2.11. The summed E-state index contributed by atoms with van der Waals surface area (Å²) in [6, 6.07) is 6.66. The number of hydrogen-bond donors (Lipinski definition) is 0. The molecule has 8 heteroatoms. The minimum atomic E-state index is -3.72. The summed E-state index contributed by atoms with van der Waals surface area (Å²) < 4.78 is 22.8. The molecule has 1 aromatic heterocycles. The summed E-state index contributed by atoms with van der Waals surface area (Å²) in [6.45, 7) is 2.03. The number of anilines is 2. The summed E-state index contributed by atoms with van der Waals surface area (Å²) in [5.41, 5.74) is 1.82. The van der Waals surface area contributed by atoms with Gasteiger partial charge in [-0.2, -0.15) is 0 Å². The first-order valence-corrected chi connectivity index (χ1v) is 8.89. The van der Waals surface area contributed by atoms with E-state index in [1.807, 2.05) is 11.8 Å². The van der Waals surface area contributed by atoms with Crippen LogP contribution < -0.4 is 4.90 Å². The molecule has 0 fully saturated rings. The van der Waals surface area contributed by atoms with Crippen LogP contribution >= 0.6 is 22.3 Å². The summed E-state index contributed by atoms with van der Waals surface area (Å²) in [5.74, 6) is 0.683. The number of benzene rings is 1. The second-order valence-corrected chi connectivity index (χ2v) is 7.80. The average molecular weight is 344 g/mol. The van der Waals surface area contributed by atoms with E-state index >= 15 is 0 Å². The fourth-order valence-corrected chi connectivity index (χ4v) is 3.51. The quantitative estimate of drug-likeness (QED) is 0.619. The van der Waals surface area contributed by atoms with Crippen LogP contribution in [0.15, 0.2) is 35.5 Å². The average Bonchev–Trinajstić information content (AvgIpc) is 2.72. The molecule has 2 heterocycles. The monoisotopic (exact) mass is 343 g/mol. The predicted octanol–water partition coefficient (Wildman–Crippen LogP) is 3.14. The van der Waals surface area contributed by atoms with Crippen LogP contribution in [0.4, 0.5) is 11.5 Å². The van der Waals surface area contributed by atoms with Gasteiger partial charge < -0.3 is 4.90 Å². The molecule has 0 aliphatic carbocycles. The topological polar surface area (TPSA) is 63.2 Å². The number of fused-ring (bicyclic) bond motifs is 1. The van der Waals surface area contributed by atoms with Crippen molar-refractivity contribution in [2.75, 3.05) is 4.90 Å². The molecule has 1 unspecified atom stereocenters. The van der Waals surface area contributed by atoms with Gasteiger partial charge in [-0.15, -0.1) is 0 Å². The van der Waals surface area contributed by atoms with Crippen LogP contribution in [0, 0.1) is 0 Å². The first-order chi connectivity index (χ1) is 9.86. The van der Waals surface area contributed by atoms with Crippen LogP contribution in [-0.4, -0.2) is 24.4 Å². The third kappa shape index (κ3) is 2.71. The van der Waals surface area contributed by atoms with Gasteiger partial charge in [0.1, 0.15) is 17.3 Å². The molecule has 1 aliphatic rings. The Kier molecular flexibility index (Phi) is 3.55. The normalized spacial score (nSPS) is 17.9. The molecule has 5 nitrogen and oxygen atoms in total. The molecule has 0 amide bonds. The minimum Gasteiger partial charge on any atom is -0.323 e. The van der Waals surface area contributed by atoms with Crippen molar-refractivity contribution in [3.63, 3.8) is 0 Å². The highest BCUT2D eigenvalue weighted by Gasteiger charge is 2.29. The third-order valence-corrected chi connectivity index (χ3v) is 4.97. The van der Waals surface area contributed by atoms with Crippen LogP contribution in [0.1, 0.15) is 12.5 Å². The van der Waals surface area contributed by atoms with E-state index in [9.17, 15) is 8.42 Å². The Morgan fingerprint density at radius 1 is 1.29 bits per heavy atom. The van der Waals surface area contributed by atoms with E-state index in [0.717, 1.165) is 11.3 Å². The number of nitrogens with zero attached hydrogens (tertiary/aromatic N) is 3. The molecular weight excluding hydrogens is 333 g/mol. The van der Waals surface area contributed by atoms with Crippen molar-refractivity contribution in [3.05, 3.63) is 41.3 Å².